The number of carbonyl (C=O) groups excluding carboxylic acids is 2. The molecule has 1 saturated heterocycles. The number of pyridine rings is 2. The lowest BCUT2D eigenvalue weighted by Crippen LogP contribution is -2.19. The van der Waals surface area contributed by atoms with E-state index in [0.29, 0.717) is 19.2 Å². The Kier molecular flexibility index (Phi) is 8.21. The van der Waals surface area contributed by atoms with E-state index in [9.17, 15) is 31.4 Å². The monoisotopic (exact) mass is 580 g/mol. The maximum absolute atomic E-state index is 13.6. The molecule has 1 aromatic carbocycles. The Labute approximate surface area is 227 Å². The number of ether oxygens (including phenoxy) is 2. The Morgan fingerprint density at radius 3 is 2.60 bits per heavy atom. The van der Waals surface area contributed by atoms with Crippen LogP contribution in [0.1, 0.15) is 33.6 Å². The SMILES string of the molecule is Cc1nc(F)ccc1Oc1ncc(C(F)(F)F)c(C)c1C(=O)Nc1cccc([S@@](C)(=O)=NC(=O)[C@@H]2CCOC2)c1. The van der Waals surface area contributed by atoms with E-state index >= 15 is 0 Å². The van der Waals surface area contributed by atoms with Crippen molar-refractivity contribution >= 4 is 27.2 Å². The highest BCUT2D eigenvalue weighted by Gasteiger charge is 2.36. The van der Waals surface area contributed by atoms with Gasteiger partial charge in [0, 0.05) is 29.6 Å². The Morgan fingerprint density at radius 2 is 1.95 bits per heavy atom. The lowest BCUT2D eigenvalue weighted by atomic mass is 10.0. The molecule has 9 nitrogen and oxygen atoms in total. The second kappa shape index (κ2) is 11.3. The van der Waals surface area contributed by atoms with Gasteiger partial charge < -0.3 is 14.8 Å². The number of nitrogens with one attached hydrogen (secondary N) is 1. The molecule has 0 bridgehead atoms. The molecule has 3 aromatic rings. The third-order valence-electron chi connectivity index (χ3n) is 6.12. The normalized spacial score (nSPS) is 16.7. The number of aryl methyl sites for hydroxylation is 1. The Hall–Kier alpha value is -3.91. The van der Waals surface area contributed by atoms with Crippen LogP contribution in [0, 0.1) is 25.7 Å². The summed E-state index contributed by atoms with van der Waals surface area (Å²) in [6.07, 6.45) is -2.54. The highest BCUT2D eigenvalue weighted by atomic mass is 32.2. The predicted octanol–water partition coefficient (Wildman–Crippen LogP) is 5.32. The Bertz CT molecular complexity index is 1600. The first-order valence-electron chi connectivity index (χ1n) is 11.9. The summed E-state index contributed by atoms with van der Waals surface area (Å²) in [5.74, 6) is -3.33. The van der Waals surface area contributed by atoms with Gasteiger partial charge in [-0.05, 0) is 56.2 Å². The molecule has 1 aliphatic rings. The third kappa shape index (κ3) is 6.45. The van der Waals surface area contributed by atoms with Gasteiger partial charge in [0.25, 0.3) is 11.8 Å². The summed E-state index contributed by atoms with van der Waals surface area (Å²) in [7, 11) is -3.22. The number of rotatable bonds is 6. The quantitative estimate of drug-likeness (QED) is 0.310. The van der Waals surface area contributed by atoms with Crippen LogP contribution in [0.3, 0.4) is 0 Å². The van der Waals surface area contributed by atoms with Crippen LogP contribution in [0.5, 0.6) is 11.6 Å². The van der Waals surface area contributed by atoms with Gasteiger partial charge in [0.2, 0.25) is 11.8 Å². The van der Waals surface area contributed by atoms with E-state index in [0.717, 1.165) is 13.0 Å². The fourth-order valence-corrected chi connectivity index (χ4v) is 5.25. The number of hydrogen-bond acceptors (Lipinski definition) is 7. The van der Waals surface area contributed by atoms with E-state index in [-0.39, 0.29) is 28.6 Å². The number of alkyl halides is 3. The molecule has 1 aliphatic heterocycles. The summed E-state index contributed by atoms with van der Waals surface area (Å²) < 4.78 is 82.3. The molecular formula is C26H24F4N4O5S. The largest absolute Gasteiger partial charge is 0.436 e. The zero-order chi connectivity index (χ0) is 29.2. The Balaban J connectivity index is 1.69. The van der Waals surface area contributed by atoms with Gasteiger partial charge in [-0.15, -0.1) is 0 Å². The molecule has 14 heteroatoms. The van der Waals surface area contributed by atoms with Crippen molar-refractivity contribution in [2.45, 2.75) is 31.3 Å². The number of aromatic nitrogens is 2. The molecule has 2 aromatic heterocycles. The van der Waals surface area contributed by atoms with E-state index in [4.69, 9.17) is 9.47 Å². The number of amides is 2. The van der Waals surface area contributed by atoms with Crippen molar-refractivity contribution in [3.63, 3.8) is 0 Å². The lowest BCUT2D eigenvalue weighted by molar-refractivity contribution is -0.138. The summed E-state index contributed by atoms with van der Waals surface area (Å²) in [5.41, 5.74) is -1.98. The summed E-state index contributed by atoms with van der Waals surface area (Å²) >= 11 is 0. The molecule has 0 unspecified atom stereocenters. The van der Waals surface area contributed by atoms with Crippen molar-refractivity contribution in [1.82, 2.24) is 9.97 Å². The smallest absolute Gasteiger partial charge is 0.418 e. The summed E-state index contributed by atoms with van der Waals surface area (Å²) in [5, 5.41) is 2.47. The molecule has 3 heterocycles. The molecule has 0 saturated carbocycles. The van der Waals surface area contributed by atoms with Crippen molar-refractivity contribution in [2.24, 2.45) is 10.3 Å². The molecule has 2 amide bonds. The number of carbonyl (C=O) groups is 2. The van der Waals surface area contributed by atoms with Gasteiger partial charge in [0.15, 0.2) is 5.75 Å². The number of halogens is 4. The minimum atomic E-state index is -4.82. The van der Waals surface area contributed by atoms with Crippen molar-refractivity contribution in [3.05, 3.63) is 70.9 Å². The Morgan fingerprint density at radius 1 is 1.20 bits per heavy atom. The fourth-order valence-electron chi connectivity index (χ4n) is 3.97. The zero-order valence-corrected chi connectivity index (χ0v) is 22.4. The van der Waals surface area contributed by atoms with Crippen LogP contribution in [0.2, 0.25) is 0 Å². The van der Waals surface area contributed by atoms with Crippen LogP contribution in [-0.4, -0.2) is 45.5 Å². The number of hydrogen-bond donors (Lipinski definition) is 1. The predicted molar refractivity (Wildman–Crippen MR) is 136 cm³/mol. The summed E-state index contributed by atoms with van der Waals surface area (Å²) in [6.45, 7) is 3.11. The summed E-state index contributed by atoms with van der Waals surface area (Å²) in [6, 6.07) is 7.84. The van der Waals surface area contributed by atoms with Crippen LogP contribution in [0.15, 0.2) is 51.9 Å². The minimum absolute atomic E-state index is 0.0197. The summed E-state index contributed by atoms with van der Waals surface area (Å²) in [4.78, 5) is 33.2. The highest BCUT2D eigenvalue weighted by molar-refractivity contribution is 7.93. The molecule has 4 rings (SSSR count). The molecule has 212 valence electrons. The first-order valence-corrected chi connectivity index (χ1v) is 13.8. The van der Waals surface area contributed by atoms with Crippen molar-refractivity contribution in [1.29, 1.82) is 0 Å². The van der Waals surface area contributed by atoms with E-state index < -0.39 is 62.2 Å². The van der Waals surface area contributed by atoms with Gasteiger partial charge in [-0.25, -0.2) is 14.2 Å². The third-order valence-corrected chi connectivity index (χ3v) is 7.78. The van der Waals surface area contributed by atoms with Gasteiger partial charge in [-0.2, -0.15) is 21.9 Å². The lowest BCUT2D eigenvalue weighted by Gasteiger charge is -2.17. The minimum Gasteiger partial charge on any atom is -0.436 e. The molecule has 0 radical (unpaired) electrons. The maximum atomic E-state index is 13.6. The molecule has 1 fully saturated rings. The van der Waals surface area contributed by atoms with Crippen LogP contribution in [-0.2, 0) is 25.4 Å². The van der Waals surface area contributed by atoms with Gasteiger partial charge in [-0.1, -0.05) is 6.07 Å². The van der Waals surface area contributed by atoms with Crippen LogP contribution >= 0.6 is 0 Å². The topological polar surface area (TPSA) is 120 Å². The average Bonchev–Trinajstić information content (AvgIpc) is 3.40. The van der Waals surface area contributed by atoms with Gasteiger partial charge in [0.05, 0.1) is 33.5 Å². The number of anilines is 1. The van der Waals surface area contributed by atoms with Gasteiger partial charge in [-0.3, -0.25) is 9.59 Å². The molecule has 1 N–H and O–H groups in total. The van der Waals surface area contributed by atoms with E-state index in [1.54, 1.807) is 0 Å². The second-order valence-corrected chi connectivity index (χ2v) is 11.3. The fraction of sp³-hybridized carbons (Fsp3) is 0.308. The van der Waals surface area contributed by atoms with Crippen molar-refractivity contribution in [2.75, 3.05) is 24.8 Å². The molecule has 40 heavy (non-hydrogen) atoms. The van der Waals surface area contributed by atoms with E-state index in [1.165, 1.54) is 43.5 Å². The molecule has 0 spiro atoms. The molecular weight excluding hydrogens is 556 g/mol. The standard InChI is InChI=1S/C26H24F4N4O5S/c1-14-19(26(28,29)30)12-31-25(39-20-7-8-21(27)32-15(20)2)22(14)24(36)33-17-5-4-6-18(11-17)40(3,37)34-23(35)16-9-10-38-13-16/h4-8,11-12,16H,9-10,13H2,1-3H3,(H,33,36)/t16-,40-/m1/s1. The highest BCUT2D eigenvalue weighted by Crippen LogP contribution is 2.37. The van der Waals surface area contributed by atoms with E-state index in [2.05, 4.69) is 19.6 Å². The number of nitrogens with zero attached hydrogens (tertiary/aromatic N) is 3. The first-order chi connectivity index (χ1) is 18.8. The average molecular weight is 581 g/mol. The van der Waals surface area contributed by atoms with E-state index in [1.807, 2.05) is 0 Å². The van der Waals surface area contributed by atoms with Gasteiger partial charge >= 0.3 is 6.18 Å². The van der Waals surface area contributed by atoms with Crippen LogP contribution < -0.4 is 10.1 Å². The maximum Gasteiger partial charge on any atom is 0.418 e. The van der Waals surface area contributed by atoms with Crippen molar-refractivity contribution in [3.8, 4) is 11.6 Å². The first kappa shape index (κ1) is 29.1. The second-order valence-electron chi connectivity index (χ2n) is 9.07. The number of benzene rings is 1. The zero-order valence-electron chi connectivity index (χ0n) is 21.5. The van der Waals surface area contributed by atoms with Crippen LogP contribution in [0.4, 0.5) is 23.2 Å². The van der Waals surface area contributed by atoms with Crippen LogP contribution in [0.25, 0.3) is 0 Å². The van der Waals surface area contributed by atoms with Gasteiger partial charge in [0.1, 0.15) is 5.56 Å². The molecule has 2 atom stereocenters. The molecule has 0 aliphatic carbocycles. The van der Waals surface area contributed by atoms with Crippen molar-refractivity contribution < 1.29 is 40.8 Å².